The first-order chi connectivity index (χ1) is 20.9. The zero-order chi connectivity index (χ0) is 30.3. The standard InChI is InChI=1S/C32H44FN7O3/c1-20-27(21(2)39-38-20)24-14-15-26(35-30(24)33)36-32(43)29(37-31(42)25-16-17-34-40(25)18-9-19-41)28(22-10-5-3-6-11-22)23-12-7-4-8-13-23/h14-17,22-23,28-29,41H,3-13,18-19H2,1-2H3,(H,37,42)(H,38,39)(H,35,36,43)/t29-/m0/s1. The Morgan fingerprint density at radius 2 is 1.72 bits per heavy atom. The quantitative estimate of drug-likeness (QED) is 0.222. The monoisotopic (exact) mass is 593 g/mol. The molecule has 2 saturated carbocycles. The number of hydrogen-bond acceptors (Lipinski definition) is 6. The molecule has 2 fully saturated rings. The summed E-state index contributed by atoms with van der Waals surface area (Å²) < 4.78 is 16.9. The van der Waals surface area contributed by atoms with Crippen molar-refractivity contribution in [2.75, 3.05) is 11.9 Å². The van der Waals surface area contributed by atoms with Gasteiger partial charge in [-0.1, -0.05) is 64.2 Å². The second kappa shape index (κ2) is 14.2. The van der Waals surface area contributed by atoms with Gasteiger partial charge in [0.25, 0.3) is 5.91 Å². The van der Waals surface area contributed by atoms with Crippen LogP contribution < -0.4 is 10.6 Å². The smallest absolute Gasteiger partial charge is 0.270 e. The SMILES string of the molecule is Cc1n[nH]c(C)c1-c1ccc(NC(=O)[C@@H](NC(=O)c2ccnn2CCCO)C(C2CCCCC2)C2CCCCC2)nc1F. The Balaban J connectivity index is 1.45. The number of rotatable bonds is 11. The largest absolute Gasteiger partial charge is 0.396 e. The maximum absolute atomic E-state index is 15.3. The van der Waals surface area contributed by atoms with E-state index in [0.717, 1.165) is 57.1 Å². The van der Waals surface area contributed by atoms with Crippen molar-refractivity contribution in [3.05, 3.63) is 47.4 Å². The van der Waals surface area contributed by atoms with Crippen LogP contribution in [0.4, 0.5) is 10.2 Å². The average Bonchev–Trinajstić information content (AvgIpc) is 3.62. The van der Waals surface area contributed by atoms with E-state index in [4.69, 9.17) is 0 Å². The first kappa shape index (κ1) is 30.8. The molecule has 4 N–H and O–H groups in total. The third-order valence-electron chi connectivity index (χ3n) is 9.32. The molecule has 2 amide bonds. The van der Waals surface area contributed by atoms with Crippen LogP contribution in [0.3, 0.4) is 0 Å². The molecule has 0 aromatic carbocycles. The van der Waals surface area contributed by atoms with E-state index in [0.29, 0.717) is 47.3 Å². The van der Waals surface area contributed by atoms with Gasteiger partial charge in [0.2, 0.25) is 11.9 Å². The summed E-state index contributed by atoms with van der Waals surface area (Å²) in [6, 6.07) is 4.02. The van der Waals surface area contributed by atoms with E-state index >= 15 is 4.39 Å². The predicted octanol–water partition coefficient (Wildman–Crippen LogP) is 5.32. The van der Waals surface area contributed by atoms with Gasteiger partial charge >= 0.3 is 0 Å². The van der Waals surface area contributed by atoms with E-state index < -0.39 is 12.0 Å². The Bertz CT molecular complexity index is 1350. The van der Waals surface area contributed by atoms with Crippen molar-refractivity contribution >= 4 is 17.6 Å². The van der Waals surface area contributed by atoms with Crippen LogP contribution in [-0.2, 0) is 11.3 Å². The van der Waals surface area contributed by atoms with Gasteiger partial charge in [0.1, 0.15) is 17.6 Å². The summed E-state index contributed by atoms with van der Waals surface area (Å²) in [6.07, 6.45) is 13.0. The number of halogens is 1. The molecule has 11 heteroatoms. The van der Waals surface area contributed by atoms with Crippen molar-refractivity contribution < 1.29 is 19.1 Å². The zero-order valence-corrected chi connectivity index (χ0v) is 25.2. The number of amides is 2. The molecule has 3 aromatic rings. The second-order valence-electron chi connectivity index (χ2n) is 12.2. The molecule has 0 bridgehead atoms. The molecule has 0 unspecified atom stereocenters. The maximum atomic E-state index is 15.3. The molecule has 3 heterocycles. The highest BCUT2D eigenvalue weighted by Crippen LogP contribution is 2.42. The number of aromatic amines is 1. The summed E-state index contributed by atoms with van der Waals surface area (Å²) in [5.41, 5.74) is 2.71. The van der Waals surface area contributed by atoms with Crippen molar-refractivity contribution in [1.29, 1.82) is 0 Å². The number of pyridine rings is 1. The Hall–Kier alpha value is -3.60. The Morgan fingerprint density at radius 1 is 1.05 bits per heavy atom. The molecule has 3 aromatic heterocycles. The van der Waals surface area contributed by atoms with Crippen LogP contribution in [0.5, 0.6) is 0 Å². The minimum atomic E-state index is -0.817. The summed E-state index contributed by atoms with van der Waals surface area (Å²) in [6.45, 7) is 4.00. The summed E-state index contributed by atoms with van der Waals surface area (Å²) >= 11 is 0. The fraction of sp³-hybridized carbons (Fsp3) is 0.594. The fourth-order valence-electron chi connectivity index (χ4n) is 7.29. The molecular formula is C32H44FN7O3. The number of aromatic nitrogens is 5. The van der Waals surface area contributed by atoms with Crippen LogP contribution in [0.25, 0.3) is 11.1 Å². The molecule has 1 atom stereocenters. The van der Waals surface area contributed by atoms with Crippen LogP contribution in [0.15, 0.2) is 24.4 Å². The first-order valence-corrected chi connectivity index (χ1v) is 15.8. The number of nitrogens with one attached hydrogen (secondary N) is 3. The fourth-order valence-corrected chi connectivity index (χ4v) is 7.29. The molecule has 0 spiro atoms. The normalized spacial score (nSPS) is 17.2. The summed E-state index contributed by atoms with van der Waals surface area (Å²) in [7, 11) is 0. The van der Waals surface area contributed by atoms with Gasteiger partial charge in [0.15, 0.2) is 0 Å². The highest BCUT2D eigenvalue weighted by molar-refractivity contribution is 6.00. The molecule has 0 radical (unpaired) electrons. The number of H-pyrrole nitrogens is 1. The zero-order valence-electron chi connectivity index (χ0n) is 25.2. The van der Waals surface area contributed by atoms with Crippen LogP contribution in [0.1, 0.15) is 92.5 Å². The van der Waals surface area contributed by atoms with E-state index in [1.807, 2.05) is 6.92 Å². The van der Waals surface area contributed by atoms with Gasteiger partial charge in [-0.3, -0.25) is 19.4 Å². The summed E-state index contributed by atoms with van der Waals surface area (Å²) in [5.74, 6) is -0.784. The van der Waals surface area contributed by atoms with E-state index in [9.17, 15) is 14.7 Å². The number of carbonyl (C=O) groups is 2. The third-order valence-corrected chi connectivity index (χ3v) is 9.32. The lowest BCUT2D eigenvalue weighted by Gasteiger charge is -2.41. The first-order valence-electron chi connectivity index (χ1n) is 15.8. The van der Waals surface area contributed by atoms with Gasteiger partial charge in [0, 0.05) is 36.2 Å². The Morgan fingerprint density at radius 3 is 2.30 bits per heavy atom. The summed E-state index contributed by atoms with van der Waals surface area (Å²) in [5, 5.41) is 26.6. The average molecular weight is 594 g/mol. The lowest BCUT2D eigenvalue weighted by molar-refractivity contribution is -0.121. The predicted molar refractivity (Wildman–Crippen MR) is 162 cm³/mol. The second-order valence-corrected chi connectivity index (χ2v) is 12.2. The molecular weight excluding hydrogens is 549 g/mol. The highest BCUT2D eigenvalue weighted by atomic mass is 19.1. The molecule has 10 nitrogen and oxygen atoms in total. The van der Waals surface area contributed by atoms with Crippen molar-refractivity contribution in [2.45, 2.75) is 97.1 Å². The van der Waals surface area contributed by atoms with Crippen LogP contribution in [0, 0.1) is 37.5 Å². The van der Waals surface area contributed by atoms with Gasteiger partial charge in [-0.15, -0.1) is 0 Å². The van der Waals surface area contributed by atoms with Crippen molar-refractivity contribution in [3.8, 4) is 11.1 Å². The molecule has 0 saturated heterocycles. The van der Waals surface area contributed by atoms with E-state index in [1.54, 1.807) is 36.0 Å². The van der Waals surface area contributed by atoms with Crippen LogP contribution in [0.2, 0.25) is 0 Å². The van der Waals surface area contributed by atoms with Crippen molar-refractivity contribution in [2.24, 2.45) is 17.8 Å². The van der Waals surface area contributed by atoms with E-state index in [1.165, 1.54) is 12.8 Å². The minimum absolute atomic E-state index is 0.0144. The molecule has 2 aliphatic rings. The van der Waals surface area contributed by atoms with Gasteiger partial charge in [-0.2, -0.15) is 14.6 Å². The Kier molecular flexibility index (Phi) is 10.2. The van der Waals surface area contributed by atoms with Crippen LogP contribution >= 0.6 is 0 Å². The third kappa shape index (κ3) is 7.14. The van der Waals surface area contributed by atoms with Gasteiger partial charge in [-0.05, 0) is 56.2 Å². The minimum Gasteiger partial charge on any atom is -0.396 e. The van der Waals surface area contributed by atoms with Gasteiger partial charge < -0.3 is 15.7 Å². The number of aliphatic hydroxyl groups is 1. The molecule has 232 valence electrons. The molecule has 2 aliphatic carbocycles. The number of aliphatic hydroxyl groups excluding tert-OH is 1. The number of aryl methyl sites for hydroxylation is 3. The van der Waals surface area contributed by atoms with E-state index in [2.05, 4.69) is 30.9 Å². The molecule has 0 aliphatic heterocycles. The van der Waals surface area contributed by atoms with Crippen LogP contribution in [-0.4, -0.2) is 54.5 Å². The highest BCUT2D eigenvalue weighted by Gasteiger charge is 2.41. The molecule has 5 rings (SSSR count). The summed E-state index contributed by atoms with van der Waals surface area (Å²) in [4.78, 5) is 32.0. The number of hydrogen-bond donors (Lipinski definition) is 4. The number of nitrogens with zero attached hydrogens (tertiary/aromatic N) is 4. The maximum Gasteiger partial charge on any atom is 0.270 e. The van der Waals surface area contributed by atoms with Crippen molar-refractivity contribution in [3.63, 3.8) is 0 Å². The van der Waals surface area contributed by atoms with Gasteiger partial charge in [-0.25, -0.2) is 4.98 Å². The topological polar surface area (TPSA) is 138 Å². The number of carbonyl (C=O) groups excluding carboxylic acids is 2. The lowest BCUT2D eigenvalue weighted by Crippen LogP contribution is -2.53. The van der Waals surface area contributed by atoms with Gasteiger partial charge in [0.05, 0.1) is 5.69 Å². The van der Waals surface area contributed by atoms with E-state index in [-0.39, 0.29) is 30.2 Å². The van der Waals surface area contributed by atoms with Crippen molar-refractivity contribution in [1.82, 2.24) is 30.3 Å². The number of anilines is 1. The molecule has 43 heavy (non-hydrogen) atoms. The Labute approximate surface area is 252 Å². The lowest BCUT2D eigenvalue weighted by atomic mass is 9.66.